The zero-order valence-corrected chi connectivity index (χ0v) is 20.0. The van der Waals surface area contributed by atoms with Gasteiger partial charge in [-0.25, -0.2) is 13.2 Å². The number of amides is 1. The van der Waals surface area contributed by atoms with Crippen molar-refractivity contribution in [3.05, 3.63) is 57.3 Å². The van der Waals surface area contributed by atoms with Gasteiger partial charge in [0.25, 0.3) is 5.91 Å². The Hall–Kier alpha value is -2.20. The van der Waals surface area contributed by atoms with Crippen LogP contribution in [0.25, 0.3) is 6.08 Å². The number of nitrogens with zero attached hydrogens (tertiary/aromatic N) is 2. The van der Waals surface area contributed by atoms with Crippen LogP contribution in [0.15, 0.2) is 47.4 Å². The van der Waals surface area contributed by atoms with E-state index in [9.17, 15) is 18.0 Å². The highest BCUT2D eigenvalue weighted by molar-refractivity contribution is 7.89. The maximum atomic E-state index is 12.5. The van der Waals surface area contributed by atoms with E-state index in [1.807, 2.05) is 6.07 Å². The molecule has 2 aromatic rings. The minimum atomic E-state index is -3.53. The van der Waals surface area contributed by atoms with Gasteiger partial charge >= 0.3 is 5.97 Å². The summed E-state index contributed by atoms with van der Waals surface area (Å²) in [5.41, 5.74) is 0.633. The van der Waals surface area contributed by atoms with E-state index in [-0.39, 0.29) is 17.4 Å². The van der Waals surface area contributed by atoms with Crippen molar-refractivity contribution in [2.45, 2.75) is 25.3 Å². The van der Waals surface area contributed by atoms with Crippen LogP contribution in [0, 0.1) is 0 Å². The van der Waals surface area contributed by atoms with Gasteiger partial charge < -0.3 is 9.64 Å². The molecule has 0 aliphatic rings. The lowest BCUT2D eigenvalue weighted by molar-refractivity contribution is -0.147. The summed E-state index contributed by atoms with van der Waals surface area (Å²) in [5, 5.41) is 0. The first-order chi connectivity index (χ1) is 14.7. The number of carbonyl (C=O) groups excluding carboxylic acids is 2. The van der Waals surface area contributed by atoms with Gasteiger partial charge in [0.15, 0.2) is 6.61 Å². The number of benzene rings is 1. The smallest absolute Gasteiger partial charge is 0.331 e. The molecule has 1 aromatic heterocycles. The van der Waals surface area contributed by atoms with Crippen LogP contribution in [0.5, 0.6) is 0 Å². The molecule has 31 heavy (non-hydrogen) atoms. The van der Waals surface area contributed by atoms with Crippen LogP contribution in [0.2, 0.25) is 4.34 Å². The van der Waals surface area contributed by atoms with Gasteiger partial charge in [0.2, 0.25) is 10.0 Å². The standard InChI is InChI=1S/C21H25ClN2O5S2/c1-4-24(5-2)31(27,28)18-10-6-16(7-11-18)8-13-21(26)29-15-20(25)23(3)14-17-9-12-19(22)30-17/h6-13H,4-5,14-15H2,1-3H3/b13-8+. The highest BCUT2D eigenvalue weighted by Crippen LogP contribution is 2.22. The van der Waals surface area contributed by atoms with Crippen molar-refractivity contribution >= 4 is 50.9 Å². The minimum Gasteiger partial charge on any atom is -0.452 e. The van der Waals surface area contributed by atoms with E-state index in [1.54, 1.807) is 39.1 Å². The zero-order valence-electron chi connectivity index (χ0n) is 17.6. The average molecular weight is 485 g/mol. The normalized spacial score (nSPS) is 11.8. The van der Waals surface area contributed by atoms with Crippen molar-refractivity contribution in [3.8, 4) is 0 Å². The van der Waals surface area contributed by atoms with E-state index in [2.05, 4.69) is 0 Å². The molecule has 168 valence electrons. The van der Waals surface area contributed by atoms with Crippen molar-refractivity contribution in [3.63, 3.8) is 0 Å². The lowest BCUT2D eigenvalue weighted by Gasteiger charge is -2.18. The second-order valence-electron chi connectivity index (χ2n) is 6.56. The van der Waals surface area contributed by atoms with Gasteiger partial charge in [-0.2, -0.15) is 4.31 Å². The molecule has 0 atom stereocenters. The predicted molar refractivity (Wildman–Crippen MR) is 122 cm³/mol. The summed E-state index contributed by atoms with van der Waals surface area (Å²) >= 11 is 7.26. The number of likely N-dealkylation sites (N-methyl/N-ethyl adjacent to an activating group) is 1. The number of esters is 1. The van der Waals surface area contributed by atoms with Gasteiger partial charge in [-0.15, -0.1) is 11.3 Å². The fourth-order valence-corrected chi connectivity index (χ4v) is 5.28. The van der Waals surface area contributed by atoms with Gasteiger partial charge in [-0.05, 0) is 35.9 Å². The quantitative estimate of drug-likeness (QED) is 0.379. The fraction of sp³-hybridized carbons (Fsp3) is 0.333. The first kappa shape index (κ1) is 25.1. The molecule has 1 heterocycles. The van der Waals surface area contributed by atoms with Gasteiger partial charge in [0, 0.05) is 31.1 Å². The van der Waals surface area contributed by atoms with E-state index < -0.39 is 16.0 Å². The summed E-state index contributed by atoms with van der Waals surface area (Å²) in [5.74, 6) is -1.00. The molecule has 0 bridgehead atoms. The maximum Gasteiger partial charge on any atom is 0.331 e. The molecule has 0 saturated carbocycles. The van der Waals surface area contributed by atoms with E-state index in [0.717, 1.165) is 4.88 Å². The molecule has 0 aliphatic carbocycles. The third-order valence-corrected chi connectivity index (χ3v) is 7.70. The number of ether oxygens (including phenoxy) is 1. The molecule has 0 fully saturated rings. The van der Waals surface area contributed by atoms with Crippen LogP contribution in [0.4, 0.5) is 0 Å². The Morgan fingerprint density at radius 1 is 1.10 bits per heavy atom. The zero-order chi connectivity index (χ0) is 23.0. The van der Waals surface area contributed by atoms with Crippen LogP contribution in [-0.4, -0.2) is 56.2 Å². The lowest BCUT2D eigenvalue weighted by Crippen LogP contribution is -2.30. The van der Waals surface area contributed by atoms with Crippen LogP contribution < -0.4 is 0 Å². The Bertz CT molecular complexity index is 1030. The molecule has 0 unspecified atom stereocenters. The highest BCUT2D eigenvalue weighted by Gasteiger charge is 2.21. The van der Waals surface area contributed by atoms with Gasteiger partial charge in [-0.3, -0.25) is 4.79 Å². The van der Waals surface area contributed by atoms with Crippen molar-refractivity contribution in [1.82, 2.24) is 9.21 Å². The molecule has 1 aromatic carbocycles. The summed E-state index contributed by atoms with van der Waals surface area (Å²) in [4.78, 5) is 26.6. The molecule has 0 radical (unpaired) electrons. The van der Waals surface area contributed by atoms with E-state index >= 15 is 0 Å². The Morgan fingerprint density at radius 2 is 1.74 bits per heavy atom. The van der Waals surface area contributed by atoms with Crippen molar-refractivity contribution < 1.29 is 22.7 Å². The van der Waals surface area contributed by atoms with Crippen LogP contribution in [-0.2, 0) is 30.9 Å². The minimum absolute atomic E-state index is 0.191. The SMILES string of the molecule is CCN(CC)S(=O)(=O)c1ccc(/C=C/C(=O)OCC(=O)N(C)Cc2ccc(Cl)s2)cc1. The molecule has 0 saturated heterocycles. The number of carbonyl (C=O) groups is 2. The van der Waals surface area contributed by atoms with E-state index in [0.29, 0.717) is 29.5 Å². The molecule has 0 N–H and O–H groups in total. The summed E-state index contributed by atoms with van der Waals surface area (Å²) in [6.07, 6.45) is 2.69. The third-order valence-electron chi connectivity index (χ3n) is 4.42. The number of rotatable bonds is 10. The number of thiophene rings is 1. The van der Waals surface area contributed by atoms with Crippen LogP contribution >= 0.6 is 22.9 Å². The summed E-state index contributed by atoms with van der Waals surface area (Å²) < 4.78 is 32.0. The largest absolute Gasteiger partial charge is 0.452 e. The third kappa shape index (κ3) is 7.17. The second-order valence-corrected chi connectivity index (χ2v) is 10.3. The predicted octanol–water partition coefficient (Wildman–Crippen LogP) is 3.65. The summed E-state index contributed by atoms with van der Waals surface area (Å²) in [6, 6.07) is 9.79. The van der Waals surface area contributed by atoms with E-state index in [1.165, 1.54) is 44.8 Å². The lowest BCUT2D eigenvalue weighted by atomic mass is 10.2. The van der Waals surface area contributed by atoms with Crippen molar-refractivity contribution in [2.75, 3.05) is 26.7 Å². The topological polar surface area (TPSA) is 84.0 Å². The summed E-state index contributed by atoms with van der Waals surface area (Å²) in [6.45, 7) is 4.35. The molecular weight excluding hydrogens is 460 g/mol. The monoisotopic (exact) mass is 484 g/mol. The number of halogens is 1. The molecule has 7 nitrogen and oxygen atoms in total. The fourth-order valence-electron chi connectivity index (χ4n) is 2.68. The molecule has 2 rings (SSSR count). The Morgan fingerprint density at radius 3 is 2.29 bits per heavy atom. The molecule has 10 heteroatoms. The Labute approximate surface area is 191 Å². The van der Waals surface area contributed by atoms with Crippen LogP contribution in [0.3, 0.4) is 0 Å². The van der Waals surface area contributed by atoms with Gasteiger partial charge in [-0.1, -0.05) is 37.6 Å². The second kappa shape index (κ2) is 11.4. The van der Waals surface area contributed by atoms with Gasteiger partial charge in [0.1, 0.15) is 0 Å². The van der Waals surface area contributed by atoms with Gasteiger partial charge in [0.05, 0.1) is 15.8 Å². The number of hydrogen-bond donors (Lipinski definition) is 0. The first-order valence-corrected chi connectivity index (χ1v) is 12.2. The number of sulfonamides is 1. The van der Waals surface area contributed by atoms with Crippen molar-refractivity contribution in [2.24, 2.45) is 0 Å². The molecule has 0 aliphatic heterocycles. The van der Waals surface area contributed by atoms with Crippen LogP contribution in [0.1, 0.15) is 24.3 Å². The van der Waals surface area contributed by atoms with E-state index in [4.69, 9.17) is 16.3 Å². The first-order valence-electron chi connectivity index (χ1n) is 9.60. The Kier molecular flexibility index (Phi) is 9.24. The highest BCUT2D eigenvalue weighted by atomic mass is 35.5. The molecule has 1 amide bonds. The van der Waals surface area contributed by atoms with Crippen molar-refractivity contribution in [1.29, 1.82) is 0 Å². The Balaban J connectivity index is 1.87. The maximum absolute atomic E-state index is 12.5. The average Bonchev–Trinajstić information content (AvgIpc) is 3.15. The number of hydrogen-bond acceptors (Lipinski definition) is 6. The molecular formula is C21H25ClN2O5S2. The molecule has 0 spiro atoms. The summed E-state index contributed by atoms with van der Waals surface area (Å²) in [7, 11) is -1.91.